The Labute approximate surface area is 108 Å². The van der Waals surface area contributed by atoms with Crippen molar-refractivity contribution in [2.45, 2.75) is 32.7 Å². The van der Waals surface area contributed by atoms with Gasteiger partial charge in [0.1, 0.15) is 0 Å². The number of amides is 1. The van der Waals surface area contributed by atoms with Crippen molar-refractivity contribution in [3.05, 3.63) is 24.2 Å². The van der Waals surface area contributed by atoms with E-state index in [-0.39, 0.29) is 11.3 Å². The maximum Gasteiger partial charge on any atom is 0.230 e. The zero-order chi connectivity index (χ0) is 13.0. The molecule has 2 heterocycles. The molecule has 0 saturated carbocycles. The number of rotatable bonds is 5. The quantitative estimate of drug-likeness (QED) is 0.869. The normalized spacial score (nSPS) is 23.2. The number of hydrogen-bond donors (Lipinski definition) is 1. The first kappa shape index (κ1) is 13.1. The Balaban J connectivity index is 2.04. The summed E-state index contributed by atoms with van der Waals surface area (Å²) in [5, 5.41) is 3.33. The lowest BCUT2D eigenvalue weighted by Gasteiger charge is -2.31. The largest absolute Gasteiger partial charge is 0.472 e. The molecule has 18 heavy (non-hydrogen) atoms. The first-order valence-corrected chi connectivity index (χ1v) is 6.65. The zero-order valence-electron chi connectivity index (χ0n) is 11.2. The summed E-state index contributed by atoms with van der Waals surface area (Å²) in [6.07, 6.45) is 6.31. The maximum atomic E-state index is 12.6. The fourth-order valence-electron chi connectivity index (χ4n) is 2.86. The van der Waals surface area contributed by atoms with Gasteiger partial charge >= 0.3 is 0 Å². The molecular formula is C14H22N2O2. The number of furan rings is 1. The second-order valence-corrected chi connectivity index (χ2v) is 5.25. The molecule has 1 aromatic rings. The van der Waals surface area contributed by atoms with Gasteiger partial charge in [-0.2, -0.15) is 0 Å². The van der Waals surface area contributed by atoms with Crippen molar-refractivity contribution in [1.82, 2.24) is 10.2 Å². The average molecular weight is 250 g/mol. The van der Waals surface area contributed by atoms with Crippen molar-refractivity contribution in [3.8, 4) is 0 Å². The summed E-state index contributed by atoms with van der Waals surface area (Å²) < 4.78 is 5.04. The SMILES string of the molecule is CCCC1(C(=O)N(C)Cc2ccoc2)CCNC1. The van der Waals surface area contributed by atoms with Crippen LogP contribution in [0.1, 0.15) is 31.7 Å². The van der Waals surface area contributed by atoms with E-state index < -0.39 is 0 Å². The van der Waals surface area contributed by atoms with E-state index in [1.807, 2.05) is 18.0 Å². The van der Waals surface area contributed by atoms with Crippen LogP contribution in [0.5, 0.6) is 0 Å². The van der Waals surface area contributed by atoms with Crippen LogP contribution in [0, 0.1) is 5.41 Å². The third-order valence-corrected chi connectivity index (χ3v) is 3.77. The van der Waals surface area contributed by atoms with Crippen LogP contribution in [-0.2, 0) is 11.3 Å². The maximum absolute atomic E-state index is 12.6. The minimum Gasteiger partial charge on any atom is -0.472 e. The summed E-state index contributed by atoms with van der Waals surface area (Å²) in [5.74, 6) is 0.260. The van der Waals surface area contributed by atoms with Crippen molar-refractivity contribution >= 4 is 5.91 Å². The van der Waals surface area contributed by atoms with E-state index >= 15 is 0 Å². The van der Waals surface area contributed by atoms with Gasteiger partial charge in [-0.05, 0) is 25.5 Å². The molecule has 0 spiro atoms. The Morgan fingerprint density at radius 2 is 2.44 bits per heavy atom. The lowest BCUT2D eigenvalue weighted by molar-refractivity contribution is -0.140. The van der Waals surface area contributed by atoms with Gasteiger partial charge in [-0.25, -0.2) is 0 Å². The molecule has 1 amide bonds. The van der Waals surface area contributed by atoms with Gasteiger partial charge in [0.15, 0.2) is 0 Å². The van der Waals surface area contributed by atoms with E-state index in [2.05, 4.69) is 12.2 Å². The molecule has 0 radical (unpaired) electrons. The van der Waals surface area contributed by atoms with Gasteiger partial charge < -0.3 is 14.6 Å². The van der Waals surface area contributed by atoms with E-state index in [4.69, 9.17) is 4.42 Å². The van der Waals surface area contributed by atoms with Crippen LogP contribution < -0.4 is 5.32 Å². The van der Waals surface area contributed by atoms with Gasteiger partial charge in [0, 0.05) is 25.7 Å². The number of hydrogen-bond acceptors (Lipinski definition) is 3. The summed E-state index contributed by atoms with van der Waals surface area (Å²) in [7, 11) is 1.88. The lowest BCUT2D eigenvalue weighted by Crippen LogP contribution is -2.43. The molecule has 1 unspecified atom stereocenters. The van der Waals surface area contributed by atoms with Crippen LogP contribution in [0.25, 0.3) is 0 Å². The van der Waals surface area contributed by atoms with Gasteiger partial charge in [0.2, 0.25) is 5.91 Å². The lowest BCUT2D eigenvalue weighted by atomic mass is 9.81. The minimum absolute atomic E-state index is 0.187. The standard InChI is InChI=1S/C14H22N2O2/c1-3-5-14(6-7-15-11-14)13(17)16(2)9-12-4-8-18-10-12/h4,8,10,15H,3,5-7,9,11H2,1-2H3. The smallest absolute Gasteiger partial charge is 0.230 e. The highest BCUT2D eigenvalue weighted by Gasteiger charge is 2.41. The van der Waals surface area contributed by atoms with Crippen LogP contribution in [0.3, 0.4) is 0 Å². The van der Waals surface area contributed by atoms with E-state index in [1.165, 1.54) is 0 Å². The summed E-state index contributed by atoms with van der Waals surface area (Å²) in [6, 6.07) is 1.91. The summed E-state index contributed by atoms with van der Waals surface area (Å²) in [4.78, 5) is 14.5. The van der Waals surface area contributed by atoms with Crippen molar-refractivity contribution in [2.24, 2.45) is 5.41 Å². The van der Waals surface area contributed by atoms with Gasteiger partial charge in [0.25, 0.3) is 0 Å². The van der Waals surface area contributed by atoms with Crippen molar-refractivity contribution in [2.75, 3.05) is 20.1 Å². The van der Waals surface area contributed by atoms with Crippen LogP contribution >= 0.6 is 0 Å². The molecule has 1 aromatic heterocycles. The summed E-state index contributed by atoms with van der Waals surface area (Å²) >= 11 is 0. The highest BCUT2D eigenvalue weighted by Crippen LogP contribution is 2.33. The molecule has 0 aliphatic carbocycles. The first-order chi connectivity index (χ1) is 8.68. The predicted octanol–water partition coefficient (Wildman–Crippen LogP) is 2.02. The molecule has 4 heteroatoms. The predicted molar refractivity (Wildman–Crippen MR) is 70.0 cm³/mol. The second-order valence-electron chi connectivity index (χ2n) is 5.25. The van der Waals surface area contributed by atoms with Gasteiger partial charge in [0.05, 0.1) is 17.9 Å². The van der Waals surface area contributed by atoms with Crippen molar-refractivity contribution in [1.29, 1.82) is 0 Å². The van der Waals surface area contributed by atoms with Crippen LogP contribution in [0.15, 0.2) is 23.0 Å². The molecule has 1 fully saturated rings. The van der Waals surface area contributed by atoms with Crippen LogP contribution in [0.4, 0.5) is 0 Å². The molecule has 2 rings (SSSR count). The Morgan fingerprint density at radius 3 is 3.00 bits per heavy atom. The number of nitrogens with one attached hydrogen (secondary N) is 1. The molecule has 1 saturated heterocycles. The molecule has 4 nitrogen and oxygen atoms in total. The van der Waals surface area contributed by atoms with Crippen LogP contribution in [0.2, 0.25) is 0 Å². The summed E-state index contributed by atoms with van der Waals surface area (Å²) in [5.41, 5.74) is 0.858. The fraction of sp³-hybridized carbons (Fsp3) is 0.643. The topological polar surface area (TPSA) is 45.5 Å². The average Bonchev–Trinajstić information content (AvgIpc) is 3.00. The molecule has 1 aliphatic heterocycles. The van der Waals surface area contributed by atoms with Gasteiger partial charge in [-0.3, -0.25) is 4.79 Å². The van der Waals surface area contributed by atoms with Crippen LogP contribution in [-0.4, -0.2) is 30.9 Å². The van der Waals surface area contributed by atoms with Crippen molar-refractivity contribution < 1.29 is 9.21 Å². The van der Waals surface area contributed by atoms with E-state index in [1.54, 1.807) is 12.5 Å². The third kappa shape index (κ3) is 2.58. The highest BCUT2D eigenvalue weighted by molar-refractivity contribution is 5.83. The Bertz CT molecular complexity index is 381. The summed E-state index contributed by atoms with van der Waals surface area (Å²) in [6.45, 7) is 4.53. The number of carbonyl (C=O) groups is 1. The second kappa shape index (κ2) is 5.57. The van der Waals surface area contributed by atoms with Crippen molar-refractivity contribution in [3.63, 3.8) is 0 Å². The number of carbonyl (C=O) groups excluding carboxylic acids is 1. The zero-order valence-corrected chi connectivity index (χ0v) is 11.2. The van der Waals surface area contributed by atoms with Gasteiger partial charge in [-0.1, -0.05) is 13.3 Å². The third-order valence-electron chi connectivity index (χ3n) is 3.77. The van der Waals surface area contributed by atoms with E-state index in [0.29, 0.717) is 6.54 Å². The minimum atomic E-state index is -0.187. The Kier molecular flexibility index (Phi) is 4.07. The Hall–Kier alpha value is -1.29. The molecule has 0 bridgehead atoms. The van der Waals surface area contributed by atoms with E-state index in [0.717, 1.165) is 37.9 Å². The monoisotopic (exact) mass is 250 g/mol. The Morgan fingerprint density at radius 1 is 1.61 bits per heavy atom. The number of nitrogens with zero attached hydrogens (tertiary/aromatic N) is 1. The first-order valence-electron chi connectivity index (χ1n) is 6.65. The molecule has 1 atom stereocenters. The molecule has 1 N–H and O–H groups in total. The van der Waals surface area contributed by atoms with E-state index in [9.17, 15) is 4.79 Å². The molecule has 100 valence electrons. The van der Waals surface area contributed by atoms with Gasteiger partial charge in [-0.15, -0.1) is 0 Å². The highest BCUT2D eigenvalue weighted by atomic mass is 16.3. The fourth-order valence-corrected chi connectivity index (χ4v) is 2.86. The molecular weight excluding hydrogens is 228 g/mol. The molecule has 1 aliphatic rings. The molecule has 0 aromatic carbocycles.